The number of non-ortho nitro benzene ring substituents is 1. The number of nitrogens with zero attached hydrogens (tertiary/aromatic N) is 1. The number of hydrogen-bond acceptors (Lipinski definition) is 4. The third kappa shape index (κ3) is 5.42. The zero-order valence-electron chi connectivity index (χ0n) is 10.2. The molecule has 94 valence electrons. The van der Waals surface area contributed by atoms with E-state index in [1.165, 1.54) is 12.1 Å². The molecule has 0 aliphatic carbocycles. The molecule has 0 fully saturated rings. The Balaban J connectivity index is 2.35. The summed E-state index contributed by atoms with van der Waals surface area (Å²) in [6.07, 6.45) is 0.730. The molecule has 2 N–H and O–H groups in total. The lowest BCUT2D eigenvalue weighted by Gasteiger charge is -2.18. The van der Waals surface area contributed by atoms with Gasteiger partial charge in [0.2, 0.25) is 0 Å². The molecule has 0 saturated carbocycles. The largest absolute Gasteiger partial charge is 0.379 e. The van der Waals surface area contributed by atoms with E-state index in [2.05, 4.69) is 0 Å². The first-order valence-electron chi connectivity index (χ1n) is 5.48. The van der Waals surface area contributed by atoms with E-state index < -0.39 is 4.92 Å². The van der Waals surface area contributed by atoms with Gasteiger partial charge in [-0.1, -0.05) is 12.1 Å². The van der Waals surface area contributed by atoms with Gasteiger partial charge in [-0.15, -0.1) is 0 Å². The van der Waals surface area contributed by atoms with Crippen LogP contribution in [0.3, 0.4) is 0 Å². The van der Waals surface area contributed by atoms with Gasteiger partial charge in [0.05, 0.1) is 18.1 Å². The second-order valence-corrected chi connectivity index (χ2v) is 4.71. The van der Waals surface area contributed by atoms with Crippen LogP contribution in [0.15, 0.2) is 24.3 Å². The van der Waals surface area contributed by atoms with E-state index in [1.54, 1.807) is 12.1 Å². The van der Waals surface area contributed by atoms with Crippen LogP contribution < -0.4 is 5.73 Å². The van der Waals surface area contributed by atoms with Gasteiger partial charge in [0.15, 0.2) is 0 Å². The summed E-state index contributed by atoms with van der Waals surface area (Å²) < 4.78 is 5.42. The molecule has 0 amide bonds. The standard InChI is InChI=1S/C12H18N2O3/c1-12(2,13)9-17-8-7-10-3-5-11(6-4-10)14(15)16/h3-6H,7-9,13H2,1-2H3. The van der Waals surface area contributed by atoms with Crippen LogP contribution >= 0.6 is 0 Å². The third-order valence-corrected chi connectivity index (χ3v) is 2.16. The van der Waals surface area contributed by atoms with Crippen molar-refractivity contribution in [2.75, 3.05) is 13.2 Å². The SMILES string of the molecule is CC(C)(N)COCCc1ccc([N+](=O)[O-])cc1. The molecule has 0 aliphatic heterocycles. The maximum absolute atomic E-state index is 10.4. The summed E-state index contributed by atoms with van der Waals surface area (Å²) in [5, 5.41) is 10.4. The molecule has 0 heterocycles. The predicted molar refractivity (Wildman–Crippen MR) is 65.9 cm³/mol. The monoisotopic (exact) mass is 238 g/mol. The molecule has 0 unspecified atom stereocenters. The van der Waals surface area contributed by atoms with E-state index in [0.29, 0.717) is 13.2 Å². The summed E-state index contributed by atoms with van der Waals surface area (Å²) in [5.41, 5.74) is 6.57. The van der Waals surface area contributed by atoms with Crippen LogP contribution in [-0.4, -0.2) is 23.7 Å². The van der Waals surface area contributed by atoms with Crippen molar-refractivity contribution in [3.63, 3.8) is 0 Å². The summed E-state index contributed by atoms with van der Waals surface area (Å²) in [4.78, 5) is 10.0. The number of nitro groups is 1. The topological polar surface area (TPSA) is 78.4 Å². The Hall–Kier alpha value is -1.46. The molecule has 17 heavy (non-hydrogen) atoms. The van der Waals surface area contributed by atoms with Crippen LogP contribution in [0.4, 0.5) is 5.69 Å². The lowest BCUT2D eigenvalue weighted by molar-refractivity contribution is -0.384. The van der Waals surface area contributed by atoms with Gasteiger partial charge < -0.3 is 10.5 Å². The fraction of sp³-hybridized carbons (Fsp3) is 0.500. The lowest BCUT2D eigenvalue weighted by Crippen LogP contribution is -2.37. The Kier molecular flexibility index (Phi) is 4.60. The van der Waals surface area contributed by atoms with Gasteiger partial charge in [0.1, 0.15) is 0 Å². The number of rotatable bonds is 6. The molecule has 0 spiro atoms. The van der Waals surface area contributed by atoms with Crippen molar-refractivity contribution in [2.24, 2.45) is 5.73 Å². The lowest BCUT2D eigenvalue weighted by atomic mass is 10.1. The van der Waals surface area contributed by atoms with Crippen LogP contribution in [0.5, 0.6) is 0 Å². The van der Waals surface area contributed by atoms with Crippen molar-refractivity contribution in [3.05, 3.63) is 39.9 Å². The first-order valence-corrected chi connectivity index (χ1v) is 5.48. The molecule has 0 radical (unpaired) electrons. The highest BCUT2D eigenvalue weighted by molar-refractivity contribution is 5.32. The van der Waals surface area contributed by atoms with Gasteiger partial charge in [0.25, 0.3) is 5.69 Å². The number of benzene rings is 1. The maximum atomic E-state index is 10.4. The van der Waals surface area contributed by atoms with Crippen LogP contribution in [0, 0.1) is 10.1 Å². The molecule has 5 nitrogen and oxygen atoms in total. The molecule has 0 atom stereocenters. The number of hydrogen-bond donors (Lipinski definition) is 1. The van der Waals surface area contributed by atoms with Crippen molar-refractivity contribution in [2.45, 2.75) is 25.8 Å². The van der Waals surface area contributed by atoms with Gasteiger partial charge in [-0.25, -0.2) is 0 Å². The van der Waals surface area contributed by atoms with E-state index >= 15 is 0 Å². The van der Waals surface area contributed by atoms with E-state index in [1.807, 2.05) is 13.8 Å². The Morgan fingerprint density at radius 1 is 1.35 bits per heavy atom. The quantitative estimate of drug-likeness (QED) is 0.466. The normalized spacial score (nSPS) is 11.5. The first kappa shape index (κ1) is 13.6. The predicted octanol–water partition coefficient (Wildman–Crippen LogP) is 1.89. The molecule has 0 aromatic heterocycles. The summed E-state index contributed by atoms with van der Waals surface area (Å²) in [7, 11) is 0. The van der Waals surface area contributed by atoms with E-state index in [0.717, 1.165) is 12.0 Å². The minimum Gasteiger partial charge on any atom is -0.379 e. The summed E-state index contributed by atoms with van der Waals surface area (Å²) in [6.45, 7) is 4.87. The maximum Gasteiger partial charge on any atom is 0.269 e. The van der Waals surface area contributed by atoms with E-state index in [4.69, 9.17) is 10.5 Å². The van der Waals surface area contributed by atoms with Gasteiger partial charge in [-0.05, 0) is 25.8 Å². The molecule has 0 aliphatic rings. The highest BCUT2D eigenvalue weighted by atomic mass is 16.6. The molecule has 1 aromatic carbocycles. The average Bonchev–Trinajstić information content (AvgIpc) is 2.24. The molecule has 0 saturated heterocycles. The number of ether oxygens (including phenoxy) is 1. The van der Waals surface area contributed by atoms with Crippen molar-refractivity contribution >= 4 is 5.69 Å². The minimum atomic E-state index is -0.406. The second kappa shape index (κ2) is 5.75. The zero-order chi connectivity index (χ0) is 12.9. The Morgan fingerprint density at radius 2 is 1.94 bits per heavy atom. The molecule has 0 bridgehead atoms. The van der Waals surface area contributed by atoms with Gasteiger partial charge in [-0.2, -0.15) is 0 Å². The van der Waals surface area contributed by atoms with Crippen molar-refractivity contribution in [3.8, 4) is 0 Å². The third-order valence-electron chi connectivity index (χ3n) is 2.16. The second-order valence-electron chi connectivity index (χ2n) is 4.71. The minimum absolute atomic E-state index is 0.109. The van der Waals surface area contributed by atoms with Crippen LogP contribution in [0.1, 0.15) is 19.4 Å². The highest BCUT2D eigenvalue weighted by Crippen LogP contribution is 2.12. The Bertz CT molecular complexity index is 368. The number of nitrogens with two attached hydrogens (primary N) is 1. The first-order chi connectivity index (χ1) is 7.88. The molecular formula is C12H18N2O3. The summed E-state index contributed by atoms with van der Waals surface area (Å²) in [5.74, 6) is 0. The smallest absolute Gasteiger partial charge is 0.269 e. The molecule has 1 aromatic rings. The van der Waals surface area contributed by atoms with Gasteiger partial charge >= 0.3 is 0 Å². The van der Waals surface area contributed by atoms with E-state index in [-0.39, 0.29) is 11.2 Å². The Labute approximate surface area is 101 Å². The van der Waals surface area contributed by atoms with Gasteiger partial charge in [-0.3, -0.25) is 10.1 Å². The highest BCUT2D eigenvalue weighted by Gasteiger charge is 2.10. The van der Waals surface area contributed by atoms with Crippen molar-refractivity contribution in [1.82, 2.24) is 0 Å². The fourth-order valence-corrected chi connectivity index (χ4v) is 1.31. The average molecular weight is 238 g/mol. The molecule has 5 heteroatoms. The Morgan fingerprint density at radius 3 is 2.41 bits per heavy atom. The number of nitro benzene ring substituents is 1. The fourth-order valence-electron chi connectivity index (χ4n) is 1.31. The van der Waals surface area contributed by atoms with Crippen LogP contribution in [-0.2, 0) is 11.2 Å². The van der Waals surface area contributed by atoms with Crippen molar-refractivity contribution in [1.29, 1.82) is 0 Å². The van der Waals surface area contributed by atoms with Crippen molar-refractivity contribution < 1.29 is 9.66 Å². The molecule has 1 rings (SSSR count). The summed E-state index contributed by atoms with van der Waals surface area (Å²) >= 11 is 0. The zero-order valence-corrected chi connectivity index (χ0v) is 10.2. The van der Waals surface area contributed by atoms with E-state index in [9.17, 15) is 10.1 Å². The summed E-state index contributed by atoms with van der Waals surface area (Å²) in [6, 6.07) is 6.49. The van der Waals surface area contributed by atoms with Crippen LogP contribution in [0.2, 0.25) is 0 Å². The van der Waals surface area contributed by atoms with Gasteiger partial charge in [0, 0.05) is 17.7 Å². The van der Waals surface area contributed by atoms with Crippen LogP contribution in [0.25, 0.3) is 0 Å². The molecular weight excluding hydrogens is 220 g/mol.